The number of hydrogen-bond donors (Lipinski definition) is 1. The van der Waals surface area contributed by atoms with Gasteiger partial charge in [0.05, 0.1) is 5.56 Å². The number of carboxylic acid groups (broad SMARTS) is 1. The van der Waals surface area contributed by atoms with E-state index in [2.05, 4.69) is 18.7 Å². The van der Waals surface area contributed by atoms with Crippen LogP contribution < -0.4 is 5.56 Å². The minimum Gasteiger partial charge on any atom is -0.478 e. The van der Waals surface area contributed by atoms with E-state index in [1.807, 2.05) is 22.8 Å². The summed E-state index contributed by atoms with van der Waals surface area (Å²) < 4.78 is 1.89. The molecule has 1 N–H and O–H groups in total. The number of rotatable bonds is 9. The highest BCUT2D eigenvalue weighted by atomic mass is 35.5. The largest absolute Gasteiger partial charge is 0.478 e. The van der Waals surface area contributed by atoms with Crippen LogP contribution in [-0.4, -0.2) is 33.1 Å². The van der Waals surface area contributed by atoms with E-state index in [1.165, 1.54) is 24.8 Å². The molecule has 1 aliphatic heterocycles. The third-order valence-corrected chi connectivity index (χ3v) is 7.10. The fourth-order valence-electron chi connectivity index (χ4n) is 5.01. The normalized spacial score (nSPS) is 19.1. The summed E-state index contributed by atoms with van der Waals surface area (Å²) in [6, 6.07) is 9.40. The molecule has 0 unspecified atom stereocenters. The lowest BCUT2D eigenvalue weighted by molar-refractivity contribution is 0.0697. The van der Waals surface area contributed by atoms with E-state index in [0.29, 0.717) is 35.9 Å². The van der Waals surface area contributed by atoms with Gasteiger partial charge < -0.3 is 9.67 Å². The summed E-state index contributed by atoms with van der Waals surface area (Å²) >= 11 is 6.40. The number of aryl methyl sites for hydroxylation is 1. The minimum absolute atomic E-state index is 0.118. The number of aromatic carboxylic acids is 1. The van der Waals surface area contributed by atoms with E-state index < -0.39 is 5.97 Å². The van der Waals surface area contributed by atoms with Crippen molar-refractivity contribution in [2.45, 2.75) is 77.4 Å². The van der Waals surface area contributed by atoms with Gasteiger partial charge in [-0.3, -0.25) is 9.69 Å². The van der Waals surface area contributed by atoms with Gasteiger partial charge in [0.25, 0.3) is 5.56 Å². The summed E-state index contributed by atoms with van der Waals surface area (Å²) in [6.07, 6.45) is 6.61. The van der Waals surface area contributed by atoms with Gasteiger partial charge in [0, 0.05) is 24.8 Å². The van der Waals surface area contributed by atoms with Crippen LogP contribution in [0.4, 0.5) is 0 Å². The molecule has 1 saturated carbocycles. The molecule has 32 heavy (non-hydrogen) atoms. The standard InChI is InChI=1S/C26H33ClN2O3/c1-17(2)14-21-4-3-12-28(21)16-24-22(19-9-10-19)15-23(27)25(30)29(24)13-11-18-5-7-20(8-6-18)26(31)32/h5-8,15,17,19,21H,3-4,9-14,16H2,1-2H3,(H,31,32)/t21-/m1/s1. The topological polar surface area (TPSA) is 62.5 Å². The van der Waals surface area contributed by atoms with Gasteiger partial charge in [-0.2, -0.15) is 0 Å². The average molecular weight is 457 g/mol. The zero-order valence-corrected chi connectivity index (χ0v) is 19.8. The lowest BCUT2D eigenvalue weighted by Gasteiger charge is -2.28. The lowest BCUT2D eigenvalue weighted by Crippen LogP contribution is -2.35. The predicted molar refractivity (Wildman–Crippen MR) is 128 cm³/mol. The number of carboxylic acids is 1. The molecule has 1 saturated heterocycles. The Kier molecular flexibility index (Phi) is 7.06. The minimum atomic E-state index is -0.930. The number of aromatic nitrogens is 1. The van der Waals surface area contributed by atoms with Crippen molar-refractivity contribution in [3.05, 3.63) is 68.1 Å². The van der Waals surface area contributed by atoms with Crippen LogP contribution in [0.25, 0.3) is 0 Å². The van der Waals surface area contributed by atoms with Gasteiger partial charge in [-0.25, -0.2) is 4.79 Å². The van der Waals surface area contributed by atoms with E-state index in [-0.39, 0.29) is 11.1 Å². The van der Waals surface area contributed by atoms with Crippen LogP contribution in [-0.2, 0) is 19.5 Å². The van der Waals surface area contributed by atoms with Gasteiger partial charge in [-0.1, -0.05) is 37.6 Å². The van der Waals surface area contributed by atoms with Gasteiger partial charge >= 0.3 is 5.97 Å². The van der Waals surface area contributed by atoms with Gasteiger partial charge in [0.15, 0.2) is 0 Å². The average Bonchev–Trinajstić information content (AvgIpc) is 3.51. The quantitative estimate of drug-likeness (QED) is 0.553. The van der Waals surface area contributed by atoms with Crippen molar-refractivity contribution in [1.82, 2.24) is 9.47 Å². The SMILES string of the molecule is CC(C)C[C@H]1CCCN1Cc1c(C2CC2)cc(Cl)c(=O)n1CCc1ccc(C(=O)O)cc1. The second kappa shape index (κ2) is 9.80. The van der Waals surface area contributed by atoms with E-state index >= 15 is 0 Å². The molecule has 1 aliphatic carbocycles. The van der Waals surface area contributed by atoms with E-state index in [1.54, 1.807) is 12.1 Å². The number of pyridine rings is 1. The Morgan fingerprint density at radius 1 is 1.19 bits per heavy atom. The maximum Gasteiger partial charge on any atom is 0.335 e. The van der Waals surface area contributed by atoms with Crippen LogP contribution in [0, 0.1) is 5.92 Å². The molecule has 0 amide bonds. The summed E-state index contributed by atoms with van der Waals surface area (Å²) in [6.45, 7) is 6.98. The summed E-state index contributed by atoms with van der Waals surface area (Å²) in [5.74, 6) is 0.237. The monoisotopic (exact) mass is 456 g/mol. The molecule has 0 radical (unpaired) electrons. The molecule has 2 heterocycles. The third kappa shape index (κ3) is 5.26. The summed E-state index contributed by atoms with van der Waals surface area (Å²) in [7, 11) is 0. The van der Waals surface area contributed by atoms with Crippen LogP contribution in [0.2, 0.25) is 5.02 Å². The molecule has 1 aromatic carbocycles. The molecule has 4 rings (SSSR count). The first-order valence-electron chi connectivity index (χ1n) is 11.8. The second-order valence-electron chi connectivity index (χ2n) is 9.77. The number of halogens is 1. The summed E-state index contributed by atoms with van der Waals surface area (Å²) in [5, 5.41) is 9.43. The number of likely N-dealkylation sites (tertiary alicyclic amines) is 1. The Hall–Kier alpha value is -2.11. The molecule has 6 heteroatoms. The molecule has 5 nitrogen and oxygen atoms in total. The molecule has 0 bridgehead atoms. The first-order chi connectivity index (χ1) is 15.3. The molecule has 172 valence electrons. The van der Waals surface area contributed by atoms with Crippen LogP contribution in [0.5, 0.6) is 0 Å². The molecule has 2 fully saturated rings. The van der Waals surface area contributed by atoms with Crippen molar-refractivity contribution in [1.29, 1.82) is 0 Å². The number of carbonyl (C=O) groups is 1. The second-order valence-corrected chi connectivity index (χ2v) is 10.2. The highest BCUT2D eigenvalue weighted by Crippen LogP contribution is 2.42. The maximum atomic E-state index is 13.1. The summed E-state index contributed by atoms with van der Waals surface area (Å²) in [4.78, 5) is 26.8. The Balaban J connectivity index is 1.62. The van der Waals surface area contributed by atoms with Crippen molar-refractivity contribution < 1.29 is 9.90 Å². The molecule has 1 aromatic heterocycles. The number of nitrogens with zero attached hydrogens (tertiary/aromatic N) is 2. The van der Waals surface area contributed by atoms with Crippen LogP contribution >= 0.6 is 11.6 Å². The van der Waals surface area contributed by atoms with Gasteiger partial charge in [0.2, 0.25) is 0 Å². The third-order valence-electron chi connectivity index (χ3n) is 6.83. The van der Waals surface area contributed by atoms with Gasteiger partial charge in [-0.05, 0) is 86.2 Å². The van der Waals surface area contributed by atoms with Crippen molar-refractivity contribution in [3.63, 3.8) is 0 Å². The fourth-order valence-corrected chi connectivity index (χ4v) is 5.23. The van der Waals surface area contributed by atoms with Crippen molar-refractivity contribution >= 4 is 17.6 Å². The predicted octanol–water partition coefficient (Wildman–Crippen LogP) is 5.33. The number of hydrogen-bond acceptors (Lipinski definition) is 3. The smallest absolute Gasteiger partial charge is 0.335 e. The lowest BCUT2D eigenvalue weighted by atomic mass is 10.0. The zero-order valence-electron chi connectivity index (χ0n) is 19.0. The Bertz CT molecular complexity index is 1020. The Morgan fingerprint density at radius 3 is 2.53 bits per heavy atom. The molecule has 2 aliphatic rings. The molecule has 2 aromatic rings. The zero-order chi connectivity index (χ0) is 22.8. The Morgan fingerprint density at radius 2 is 1.91 bits per heavy atom. The van der Waals surface area contributed by atoms with Crippen LogP contribution in [0.1, 0.15) is 79.0 Å². The fraction of sp³-hybridized carbons (Fsp3) is 0.538. The van der Waals surface area contributed by atoms with Crippen LogP contribution in [0.15, 0.2) is 35.1 Å². The highest BCUT2D eigenvalue weighted by molar-refractivity contribution is 6.30. The summed E-state index contributed by atoms with van der Waals surface area (Å²) in [5.41, 5.74) is 3.54. The highest BCUT2D eigenvalue weighted by Gasteiger charge is 2.32. The van der Waals surface area contributed by atoms with Crippen molar-refractivity contribution in [2.75, 3.05) is 6.54 Å². The van der Waals surface area contributed by atoms with Gasteiger partial charge in [-0.15, -0.1) is 0 Å². The molecule has 0 spiro atoms. The number of benzene rings is 1. The molecular weight excluding hydrogens is 424 g/mol. The first kappa shape index (κ1) is 23.1. The van der Waals surface area contributed by atoms with Crippen molar-refractivity contribution in [3.8, 4) is 0 Å². The first-order valence-corrected chi connectivity index (χ1v) is 12.2. The van der Waals surface area contributed by atoms with Gasteiger partial charge in [0.1, 0.15) is 5.02 Å². The van der Waals surface area contributed by atoms with E-state index in [0.717, 1.165) is 37.2 Å². The molecule has 1 atom stereocenters. The molecular formula is C26H33ClN2O3. The maximum absolute atomic E-state index is 13.1. The van der Waals surface area contributed by atoms with E-state index in [9.17, 15) is 9.59 Å². The van der Waals surface area contributed by atoms with E-state index in [4.69, 9.17) is 16.7 Å². The van der Waals surface area contributed by atoms with Crippen LogP contribution in [0.3, 0.4) is 0 Å². The van der Waals surface area contributed by atoms with Crippen molar-refractivity contribution in [2.24, 2.45) is 5.92 Å². The Labute approximate surface area is 195 Å².